The lowest BCUT2D eigenvalue weighted by molar-refractivity contribution is 0.0955. The van der Waals surface area contributed by atoms with E-state index in [1.807, 2.05) is 56.3 Å². The summed E-state index contributed by atoms with van der Waals surface area (Å²) in [5.41, 5.74) is 6.02. The van der Waals surface area contributed by atoms with Crippen LogP contribution in [0.25, 0.3) is 10.8 Å². The van der Waals surface area contributed by atoms with Crippen molar-refractivity contribution in [1.82, 2.24) is 5.43 Å². The summed E-state index contributed by atoms with van der Waals surface area (Å²) >= 11 is 0. The number of hydrazone groups is 1. The SMILES string of the molecule is C/C(=N/NC(=O)c1ccc(N(C)C)cc1)c1ccc2ccccc2c1. The normalized spacial score (nSPS) is 11.4. The second kappa shape index (κ2) is 7.18. The highest BCUT2D eigenvalue weighted by Crippen LogP contribution is 2.16. The van der Waals surface area contributed by atoms with Crippen LogP contribution in [0.2, 0.25) is 0 Å². The van der Waals surface area contributed by atoms with Crippen LogP contribution in [-0.2, 0) is 0 Å². The average Bonchev–Trinajstić information content (AvgIpc) is 2.65. The minimum Gasteiger partial charge on any atom is -0.378 e. The molecule has 0 aliphatic heterocycles. The van der Waals surface area contributed by atoms with Crippen LogP contribution in [0.5, 0.6) is 0 Å². The first-order valence-corrected chi connectivity index (χ1v) is 8.16. The third-order valence-corrected chi connectivity index (χ3v) is 4.14. The van der Waals surface area contributed by atoms with Crippen molar-refractivity contribution in [3.8, 4) is 0 Å². The molecule has 0 fully saturated rings. The van der Waals surface area contributed by atoms with Gasteiger partial charge in [-0.25, -0.2) is 5.43 Å². The van der Waals surface area contributed by atoms with Gasteiger partial charge in [-0.15, -0.1) is 0 Å². The molecule has 1 N–H and O–H groups in total. The average molecular weight is 331 g/mol. The number of carbonyl (C=O) groups excluding carboxylic acids is 1. The minimum absolute atomic E-state index is 0.217. The molecule has 0 spiro atoms. The Bertz CT molecular complexity index is 927. The summed E-state index contributed by atoms with van der Waals surface area (Å²) in [6, 6.07) is 21.7. The van der Waals surface area contributed by atoms with Gasteiger partial charge in [0.15, 0.2) is 0 Å². The molecule has 4 nitrogen and oxygen atoms in total. The zero-order chi connectivity index (χ0) is 17.8. The fraction of sp³-hybridized carbons (Fsp3) is 0.143. The predicted molar refractivity (Wildman–Crippen MR) is 104 cm³/mol. The zero-order valence-electron chi connectivity index (χ0n) is 14.7. The van der Waals surface area contributed by atoms with E-state index in [9.17, 15) is 4.79 Å². The van der Waals surface area contributed by atoms with Crippen LogP contribution in [0.3, 0.4) is 0 Å². The number of hydrogen-bond donors (Lipinski definition) is 1. The van der Waals surface area contributed by atoms with Crippen LogP contribution >= 0.6 is 0 Å². The molecule has 1 amide bonds. The van der Waals surface area contributed by atoms with E-state index in [4.69, 9.17) is 0 Å². The van der Waals surface area contributed by atoms with E-state index < -0.39 is 0 Å². The molecule has 3 rings (SSSR count). The van der Waals surface area contributed by atoms with Crippen LogP contribution in [-0.4, -0.2) is 25.7 Å². The van der Waals surface area contributed by atoms with Crippen molar-refractivity contribution in [1.29, 1.82) is 0 Å². The molecule has 4 heteroatoms. The number of hydrogen-bond acceptors (Lipinski definition) is 3. The van der Waals surface area contributed by atoms with Crippen molar-refractivity contribution in [3.63, 3.8) is 0 Å². The second-order valence-electron chi connectivity index (χ2n) is 6.14. The number of nitrogens with one attached hydrogen (secondary N) is 1. The summed E-state index contributed by atoms with van der Waals surface area (Å²) in [6.45, 7) is 1.89. The van der Waals surface area contributed by atoms with Crippen molar-refractivity contribution < 1.29 is 4.79 Å². The molecule has 0 aromatic heterocycles. The van der Waals surface area contributed by atoms with Gasteiger partial charge in [0.05, 0.1) is 5.71 Å². The summed E-state index contributed by atoms with van der Waals surface area (Å²) in [7, 11) is 3.93. The van der Waals surface area contributed by atoms with Gasteiger partial charge in [-0.05, 0) is 53.6 Å². The van der Waals surface area contributed by atoms with Crippen LogP contribution in [0.1, 0.15) is 22.8 Å². The summed E-state index contributed by atoms with van der Waals surface area (Å²) in [4.78, 5) is 14.2. The molecule has 3 aromatic rings. The number of amides is 1. The highest BCUT2D eigenvalue weighted by atomic mass is 16.2. The maximum absolute atomic E-state index is 12.2. The topological polar surface area (TPSA) is 44.7 Å². The molecule has 0 aliphatic carbocycles. The molecular weight excluding hydrogens is 310 g/mol. The number of carbonyl (C=O) groups is 1. The molecule has 3 aromatic carbocycles. The number of rotatable bonds is 4. The Labute approximate surface area is 147 Å². The maximum atomic E-state index is 12.2. The lowest BCUT2D eigenvalue weighted by Gasteiger charge is -2.12. The lowest BCUT2D eigenvalue weighted by atomic mass is 10.0. The van der Waals surface area contributed by atoms with Gasteiger partial charge in [-0.2, -0.15) is 5.10 Å². The Kier molecular flexibility index (Phi) is 4.80. The van der Waals surface area contributed by atoms with Gasteiger partial charge in [0.2, 0.25) is 0 Å². The van der Waals surface area contributed by atoms with Gasteiger partial charge in [-0.1, -0.05) is 36.4 Å². The van der Waals surface area contributed by atoms with E-state index in [0.29, 0.717) is 5.56 Å². The molecule has 0 bridgehead atoms. The van der Waals surface area contributed by atoms with Crippen molar-refractivity contribution in [2.75, 3.05) is 19.0 Å². The lowest BCUT2D eigenvalue weighted by Crippen LogP contribution is -2.19. The molecule has 0 saturated heterocycles. The molecule has 126 valence electrons. The molecule has 0 heterocycles. The molecule has 0 unspecified atom stereocenters. The van der Waals surface area contributed by atoms with Gasteiger partial charge in [0, 0.05) is 25.3 Å². The number of anilines is 1. The van der Waals surface area contributed by atoms with E-state index in [1.165, 1.54) is 5.39 Å². The van der Waals surface area contributed by atoms with Crippen LogP contribution in [0.15, 0.2) is 71.8 Å². The van der Waals surface area contributed by atoms with E-state index >= 15 is 0 Å². The zero-order valence-corrected chi connectivity index (χ0v) is 14.7. The summed E-state index contributed by atoms with van der Waals surface area (Å²) < 4.78 is 0. The fourth-order valence-electron chi connectivity index (χ4n) is 2.59. The van der Waals surface area contributed by atoms with Gasteiger partial charge in [0.1, 0.15) is 0 Å². The van der Waals surface area contributed by atoms with Crippen molar-refractivity contribution >= 4 is 28.1 Å². The van der Waals surface area contributed by atoms with E-state index in [0.717, 1.165) is 22.3 Å². The molecular formula is C21H21N3O. The predicted octanol–water partition coefficient (Wildman–Crippen LogP) is 4.06. The number of nitrogens with zero attached hydrogens (tertiary/aromatic N) is 2. The van der Waals surface area contributed by atoms with E-state index in [1.54, 1.807) is 12.1 Å². The Morgan fingerprint density at radius 3 is 2.20 bits per heavy atom. The summed E-state index contributed by atoms with van der Waals surface area (Å²) in [5.74, 6) is -0.217. The monoisotopic (exact) mass is 331 g/mol. The number of benzene rings is 3. The first-order valence-electron chi connectivity index (χ1n) is 8.16. The van der Waals surface area contributed by atoms with Crippen molar-refractivity contribution in [3.05, 3.63) is 77.9 Å². The highest BCUT2D eigenvalue weighted by molar-refractivity contribution is 6.03. The standard InChI is InChI=1S/C21H21N3O/c1-15(18-9-8-16-6-4-5-7-19(16)14-18)22-23-21(25)17-10-12-20(13-11-17)24(2)3/h4-14H,1-3H3,(H,23,25)/b22-15-. The molecule has 0 aliphatic rings. The fourth-order valence-corrected chi connectivity index (χ4v) is 2.59. The smallest absolute Gasteiger partial charge is 0.271 e. The van der Waals surface area contributed by atoms with Gasteiger partial charge in [-0.3, -0.25) is 4.79 Å². The molecule has 25 heavy (non-hydrogen) atoms. The van der Waals surface area contributed by atoms with Gasteiger partial charge in [0.25, 0.3) is 5.91 Å². The first-order chi connectivity index (χ1) is 12.0. The van der Waals surface area contributed by atoms with E-state index in [-0.39, 0.29) is 5.91 Å². The van der Waals surface area contributed by atoms with Crippen molar-refractivity contribution in [2.45, 2.75) is 6.92 Å². The van der Waals surface area contributed by atoms with Gasteiger partial charge < -0.3 is 4.90 Å². The minimum atomic E-state index is -0.217. The number of fused-ring (bicyclic) bond motifs is 1. The Morgan fingerprint density at radius 1 is 0.880 bits per heavy atom. The molecule has 0 atom stereocenters. The van der Waals surface area contributed by atoms with Crippen LogP contribution < -0.4 is 10.3 Å². The van der Waals surface area contributed by atoms with Gasteiger partial charge >= 0.3 is 0 Å². The molecule has 0 saturated carbocycles. The van der Waals surface area contributed by atoms with Crippen molar-refractivity contribution in [2.24, 2.45) is 5.10 Å². The summed E-state index contributed by atoms with van der Waals surface area (Å²) in [5, 5.41) is 6.58. The first kappa shape index (κ1) is 16.7. The Morgan fingerprint density at radius 2 is 1.52 bits per heavy atom. The maximum Gasteiger partial charge on any atom is 0.271 e. The third-order valence-electron chi connectivity index (χ3n) is 4.14. The summed E-state index contributed by atoms with van der Waals surface area (Å²) in [6.07, 6.45) is 0. The largest absolute Gasteiger partial charge is 0.378 e. The van der Waals surface area contributed by atoms with E-state index in [2.05, 4.69) is 34.8 Å². The van der Waals surface area contributed by atoms with Crippen LogP contribution in [0.4, 0.5) is 5.69 Å². The Balaban J connectivity index is 1.74. The highest BCUT2D eigenvalue weighted by Gasteiger charge is 2.06. The second-order valence-corrected chi connectivity index (χ2v) is 6.14. The van der Waals surface area contributed by atoms with Crippen LogP contribution in [0, 0.1) is 0 Å². The quantitative estimate of drug-likeness (QED) is 0.579. The third kappa shape index (κ3) is 3.86. The Hall–Kier alpha value is -3.14. The molecule has 0 radical (unpaired) electrons.